The SMILES string of the molecule is CCCCN(CC)S(=O)(=O)c1ccc(C(=O)N(CCN(CC)CC)c2nc3ccc(S(C)(=O)=O)cc3s2)cc1.Cl. The van der Waals surface area contributed by atoms with Crippen molar-refractivity contribution < 1.29 is 21.6 Å². The molecule has 9 nitrogen and oxygen atoms in total. The molecule has 0 aliphatic rings. The van der Waals surface area contributed by atoms with Gasteiger partial charge in [-0.1, -0.05) is 45.5 Å². The number of halogens is 1. The lowest BCUT2D eigenvalue weighted by Crippen LogP contribution is -2.39. The molecule has 1 heterocycles. The highest BCUT2D eigenvalue weighted by molar-refractivity contribution is 7.90. The van der Waals surface area contributed by atoms with Gasteiger partial charge < -0.3 is 4.90 Å². The van der Waals surface area contributed by atoms with Crippen LogP contribution in [0.15, 0.2) is 52.3 Å². The topological polar surface area (TPSA) is 108 Å². The van der Waals surface area contributed by atoms with Gasteiger partial charge in [0.2, 0.25) is 10.0 Å². The number of benzene rings is 2. The van der Waals surface area contributed by atoms with E-state index in [0.29, 0.717) is 47.1 Å². The first-order valence-electron chi connectivity index (χ1n) is 13.2. The van der Waals surface area contributed by atoms with Gasteiger partial charge in [-0.25, -0.2) is 21.8 Å². The standard InChI is InChI=1S/C27H38N4O5S3.ClH/c1-6-10-17-30(9-4)39(35,36)22-13-11-21(12-14-22)26(32)31(19-18-29(7-2)8-3)27-28-24-16-15-23(38(5,33)34)20-25(24)37-27;/h11-16,20H,6-10,17-19H2,1-5H3;1H. The fraction of sp³-hybridized carbons (Fsp3) is 0.481. The van der Waals surface area contributed by atoms with Crippen molar-refractivity contribution in [3.63, 3.8) is 0 Å². The lowest BCUT2D eigenvalue weighted by molar-refractivity contribution is 0.0983. The second kappa shape index (κ2) is 14.7. The number of unbranched alkanes of at least 4 members (excludes halogenated alkanes) is 1. The van der Waals surface area contributed by atoms with Crippen molar-refractivity contribution >= 4 is 64.9 Å². The number of thiazole rings is 1. The van der Waals surface area contributed by atoms with E-state index >= 15 is 0 Å². The molecule has 0 radical (unpaired) electrons. The van der Waals surface area contributed by atoms with Gasteiger partial charge in [0.05, 0.1) is 20.0 Å². The second-order valence-corrected chi connectivity index (χ2v) is 14.2. The summed E-state index contributed by atoms with van der Waals surface area (Å²) in [6.07, 6.45) is 2.83. The largest absolute Gasteiger partial charge is 0.302 e. The summed E-state index contributed by atoms with van der Waals surface area (Å²) in [5, 5.41) is 0.459. The van der Waals surface area contributed by atoms with Crippen LogP contribution in [-0.4, -0.2) is 82.5 Å². The molecule has 0 saturated heterocycles. The summed E-state index contributed by atoms with van der Waals surface area (Å²) in [6.45, 7) is 11.4. The number of nitrogens with zero attached hydrogens (tertiary/aromatic N) is 4. The molecule has 0 unspecified atom stereocenters. The van der Waals surface area contributed by atoms with Crippen LogP contribution in [-0.2, 0) is 19.9 Å². The van der Waals surface area contributed by atoms with Crippen LogP contribution < -0.4 is 4.90 Å². The van der Waals surface area contributed by atoms with Gasteiger partial charge in [0.1, 0.15) is 0 Å². The summed E-state index contributed by atoms with van der Waals surface area (Å²) < 4.78 is 52.4. The molecule has 13 heteroatoms. The smallest absolute Gasteiger partial charge is 0.260 e. The van der Waals surface area contributed by atoms with Crippen LogP contribution in [0.1, 0.15) is 50.9 Å². The number of hydrogen-bond donors (Lipinski definition) is 0. The van der Waals surface area contributed by atoms with Crippen LogP contribution >= 0.6 is 23.7 Å². The van der Waals surface area contributed by atoms with E-state index in [1.807, 2.05) is 13.8 Å². The number of carbonyl (C=O) groups excluding carboxylic acids is 1. The number of fused-ring (bicyclic) bond motifs is 1. The predicted molar refractivity (Wildman–Crippen MR) is 165 cm³/mol. The van der Waals surface area contributed by atoms with Crippen LogP contribution in [0.5, 0.6) is 0 Å². The minimum Gasteiger partial charge on any atom is -0.302 e. The Hall–Kier alpha value is -2.09. The van der Waals surface area contributed by atoms with Gasteiger partial charge in [0, 0.05) is 38.0 Å². The van der Waals surface area contributed by atoms with E-state index in [0.717, 1.165) is 32.2 Å². The van der Waals surface area contributed by atoms with Crippen LogP contribution in [0.25, 0.3) is 10.2 Å². The third-order valence-electron chi connectivity index (χ3n) is 6.64. The van der Waals surface area contributed by atoms with Crippen molar-refractivity contribution in [3.05, 3.63) is 48.0 Å². The number of sulfonamides is 1. The normalized spacial score (nSPS) is 12.2. The van der Waals surface area contributed by atoms with Crippen LogP contribution in [0, 0.1) is 0 Å². The van der Waals surface area contributed by atoms with Gasteiger partial charge in [-0.3, -0.25) is 9.69 Å². The Balaban J connectivity index is 0.00000560. The van der Waals surface area contributed by atoms with Gasteiger partial charge >= 0.3 is 0 Å². The maximum absolute atomic E-state index is 13.7. The molecule has 0 saturated carbocycles. The summed E-state index contributed by atoms with van der Waals surface area (Å²) in [5.41, 5.74) is 0.956. The van der Waals surface area contributed by atoms with Gasteiger partial charge in [0.15, 0.2) is 15.0 Å². The molecule has 3 aromatic rings. The highest BCUT2D eigenvalue weighted by atomic mass is 35.5. The molecule has 1 aromatic heterocycles. The van der Waals surface area contributed by atoms with Crippen molar-refractivity contribution in [3.8, 4) is 0 Å². The highest BCUT2D eigenvalue weighted by Gasteiger charge is 2.25. The molecule has 1 amide bonds. The maximum Gasteiger partial charge on any atom is 0.260 e. The molecule has 0 atom stereocenters. The molecule has 0 aliphatic carbocycles. The zero-order valence-corrected chi connectivity index (χ0v) is 26.9. The Labute approximate surface area is 248 Å². The summed E-state index contributed by atoms with van der Waals surface area (Å²) in [5.74, 6) is -0.299. The molecular weight excluding hydrogens is 592 g/mol. The summed E-state index contributed by atoms with van der Waals surface area (Å²) in [6, 6.07) is 10.8. The minimum absolute atomic E-state index is 0. The average molecular weight is 631 g/mol. The van der Waals surface area contributed by atoms with E-state index in [4.69, 9.17) is 0 Å². The second-order valence-electron chi connectivity index (χ2n) is 9.26. The first-order valence-corrected chi connectivity index (χ1v) is 17.4. The molecule has 0 N–H and O–H groups in total. The molecule has 0 aliphatic heterocycles. The Bertz CT molecular complexity index is 1490. The van der Waals surface area contributed by atoms with Crippen molar-refractivity contribution in [2.75, 3.05) is 50.4 Å². The van der Waals surface area contributed by atoms with Gasteiger partial charge in [-0.2, -0.15) is 4.31 Å². The van der Waals surface area contributed by atoms with Crippen molar-refractivity contribution in [2.45, 2.75) is 50.3 Å². The molecule has 0 spiro atoms. The van der Waals surface area contributed by atoms with Gasteiger partial charge in [-0.15, -0.1) is 12.4 Å². The van der Waals surface area contributed by atoms with Crippen molar-refractivity contribution in [1.29, 1.82) is 0 Å². The van der Waals surface area contributed by atoms with E-state index in [9.17, 15) is 21.6 Å². The third-order valence-corrected chi connectivity index (χ3v) is 10.8. The number of rotatable bonds is 14. The quantitative estimate of drug-likeness (QED) is 0.249. The van der Waals surface area contributed by atoms with E-state index < -0.39 is 19.9 Å². The third kappa shape index (κ3) is 8.01. The number of amides is 1. The molecule has 222 valence electrons. The molecule has 3 rings (SSSR count). The van der Waals surface area contributed by atoms with Gasteiger partial charge in [0.25, 0.3) is 5.91 Å². The van der Waals surface area contributed by atoms with E-state index in [2.05, 4.69) is 23.7 Å². The maximum atomic E-state index is 13.7. The monoisotopic (exact) mass is 630 g/mol. The first-order chi connectivity index (χ1) is 18.5. The summed E-state index contributed by atoms with van der Waals surface area (Å²) in [7, 11) is -7.04. The minimum atomic E-state index is -3.66. The van der Waals surface area contributed by atoms with E-state index in [1.54, 1.807) is 29.2 Å². The van der Waals surface area contributed by atoms with Crippen LogP contribution in [0.2, 0.25) is 0 Å². The van der Waals surface area contributed by atoms with E-state index in [1.165, 1.54) is 33.8 Å². The lowest BCUT2D eigenvalue weighted by Gasteiger charge is -2.25. The van der Waals surface area contributed by atoms with Crippen LogP contribution in [0.3, 0.4) is 0 Å². The Morgan fingerprint density at radius 2 is 1.48 bits per heavy atom. The number of aromatic nitrogens is 1. The summed E-state index contributed by atoms with van der Waals surface area (Å²) in [4.78, 5) is 22.5. The zero-order valence-electron chi connectivity index (χ0n) is 23.7. The highest BCUT2D eigenvalue weighted by Crippen LogP contribution is 2.31. The average Bonchev–Trinajstić information content (AvgIpc) is 3.34. The van der Waals surface area contributed by atoms with Crippen molar-refractivity contribution in [2.24, 2.45) is 0 Å². The Kier molecular flexibility index (Phi) is 12.5. The zero-order chi connectivity index (χ0) is 28.8. The number of hydrogen-bond acceptors (Lipinski definition) is 8. The molecule has 0 bridgehead atoms. The fourth-order valence-electron chi connectivity index (χ4n) is 4.16. The van der Waals surface area contributed by atoms with Gasteiger partial charge in [-0.05, 0) is 62.0 Å². The fourth-order valence-corrected chi connectivity index (χ4v) is 7.40. The number of likely N-dealkylation sites (N-methyl/N-ethyl adjacent to an activating group) is 1. The molecule has 2 aromatic carbocycles. The number of carbonyl (C=O) groups is 1. The predicted octanol–water partition coefficient (Wildman–Crippen LogP) is 4.92. The number of sulfone groups is 1. The lowest BCUT2D eigenvalue weighted by atomic mass is 10.2. The molecule has 40 heavy (non-hydrogen) atoms. The summed E-state index contributed by atoms with van der Waals surface area (Å²) >= 11 is 1.26. The van der Waals surface area contributed by atoms with Crippen LogP contribution in [0.4, 0.5) is 5.13 Å². The van der Waals surface area contributed by atoms with Crippen molar-refractivity contribution in [1.82, 2.24) is 14.2 Å². The Morgan fingerprint density at radius 3 is 2.02 bits per heavy atom. The molecule has 0 fully saturated rings. The Morgan fingerprint density at radius 1 is 0.850 bits per heavy atom. The van der Waals surface area contributed by atoms with E-state index in [-0.39, 0.29) is 28.1 Å². The molecular formula is C27H39ClN4O5S3. The number of anilines is 1. The first kappa shape index (κ1) is 34.1.